The van der Waals surface area contributed by atoms with Crippen molar-refractivity contribution in [1.82, 2.24) is 19.9 Å². The summed E-state index contributed by atoms with van der Waals surface area (Å²) in [5.41, 5.74) is 2.07. The summed E-state index contributed by atoms with van der Waals surface area (Å²) in [7, 11) is 1.58. The van der Waals surface area contributed by atoms with Crippen molar-refractivity contribution in [3.8, 4) is 17.1 Å². The molecule has 0 aliphatic carbocycles. The molecule has 0 saturated carbocycles. The van der Waals surface area contributed by atoms with Crippen molar-refractivity contribution in [2.45, 2.75) is 19.8 Å². The first-order valence-corrected chi connectivity index (χ1v) is 10.8. The first-order valence-electron chi connectivity index (χ1n) is 10.8. The number of benzene rings is 1. The molecule has 1 N–H and O–H groups in total. The SMILES string of the molecule is COc1ccc(-c2oc3c(=O)cc(C)oc3c2CC(=O)NCCc2nnc3ccccn23)cc1. The Morgan fingerprint density at radius 1 is 1.09 bits per heavy atom. The smallest absolute Gasteiger partial charge is 0.228 e. The van der Waals surface area contributed by atoms with E-state index in [9.17, 15) is 9.59 Å². The van der Waals surface area contributed by atoms with Gasteiger partial charge in [0, 0.05) is 30.8 Å². The number of aromatic nitrogens is 3. The third kappa shape index (κ3) is 4.03. The maximum atomic E-state index is 12.9. The third-order valence-electron chi connectivity index (χ3n) is 5.52. The highest BCUT2D eigenvalue weighted by molar-refractivity contribution is 5.90. The molecule has 0 saturated heterocycles. The monoisotopic (exact) mass is 458 g/mol. The Morgan fingerprint density at radius 3 is 2.71 bits per heavy atom. The lowest BCUT2D eigenvalue weighted by molar-refractivity contribution is -0.120. The Bertz CT molecular complexity index is 1550. The van der Waals surface area contributed by atoms with Crippen LogP contribution in [0.15, 0.2) is 68.4 Å². The quantitative estimate of drug-likeness (QED) is 0.398. The molecule has 9 heteroatoms. The van der Waals surface area contributed by atoms with Crippen molar-refractivity contribution in [2.24, 2.45) is 0 Å². The summed E-state index contributed by atoms with van der Waals surface area (Å²) in [5, 5.41) is 11.2. The number of nitrogens with one attached hydrogen (secondary N) is 1. The zero-order chi connectivity index (χ0) is 23.7. The largest absolute Gasteiger partial charge is 0.497 e. The highest BCUT2D eigenvalue weighted by Crippen LogP contribution is 2.34. The summed E-state index contributed by atoms with van der Waals surface area (Å²) in [6.07, 6.45) is 2.39. The molecule has 0 unspecified atom stereocenters. The van der Waals surface area contributed by atoms with Gasteiger partial charge in [-0.2, -0.15) is 0 Å². The second-order valence-electron chi connectivity index (χ2n) is 7.84. The highest BCUT2D eigenvalue weighted by Gasteiger charge is 2.23. The molecule has 0 aliphatic rings. The molecule has 4 heterocycles. The lowest BCUT2D eigenvalue weighted by Gasteiger charge is -2.06. The number of carbonyl (C=O) groups excluding carboxylic acids is 1. The summed E-state index contributed by atoms with van der Waals surface area (Å²) >= 11 is 0. The standard InChI is InChI=1S/C25H22N4O5/c1-15-13-19(30)25-24(33-15)18(23(34-25)16-6-8-17(32-2)9-7-16)14-22(31)26-11-10-21-28-27-20-5-3-4-12-29(20)21/h3-9,12-13H,10-11,14H2,1-2H3,(H,26,31). The fourth-order valence-corrected chi connectivity index (χ4v) is 3.90. The van der Waals surface area contributed by atoms with E-state index < -0.39 is 0 Å². The van der Waals surface area contributed by atoms with Crippen molar-refractivity contribution in [3.05, 3.63) is 82.1 Å². The zero-order valence-corrected chi connectivity index (χ0v) is 18.7. The number of nitrogens with zero attached hydrogens (tertiary/aromatic N) is 3. The van der Waals surface area contributed by atoms with Gasteiger partial charge in [-0.15, -0.1) is 10.2 Å². The van der Waals surface area contributed by atoms with Crippen molar-refractivity contribution in [3.63, 3.8) is 0 Å². The Labute approximate surface area is 194 Å². The number of methoxy groups -OCH3 is 1. The van der Waals surface area contributed by atoms with Crippen LogP contribution in [0.3, 0.4) is 0 Å². The van der Waals surface area contributed by atoms with Gasteiger partial charge in [0.2, 0.25) is 16.9 Å². The molecule has 0 spiro atoms. The van der Waals surface area contributed by atoms with Crippen molar-refractivity contribution < 1.29 is 18.4 Å². The summed E-state index contributed by atoms with van der Waals surface area (Å²) in [6.45, 7) is 2.07. The lowest BCUT2D eigenvalue weighted by atomic mass is 10.1. The van der Waals surface area contributed by atoms with Gasteiger partial charge in [-0.1, -0.05) is 6.07 Å². The molecular formula is C25H22N4O5. The van der Waals surface area contributed by atoms with Crippen LogP contribution in [0.5, 0.6) is 5.75 Å². The molecule has 5 aromatic rings. The number of fused-ring (bicyclic) bond motifs is 2. The molecule has 0 radical (unpaired) electrons. The number of amides is 1. The maximum absolute atomic E-state index is 12.9. The van der Waals surface area contributed by atoms with Gasteiger partial charge < -0.3 is 18.9 Å². The van der Waals surface area contributed by atoms with Gasteiger partial charge in [-0.3, -0.25) is 14.0 Å². The van der Waals surface area contributed by atoms with Gasteiger partial charge in [0.1, 0.15) is 23.1 Å². The number of rotatable bonds is 7. The molecule has 172 valence electrons. The third-order valence-corrected chi connectivity index (χ3v) is 5.52. The van der Waals surface area contributed by atoms with E-state index in [0.717, 1.165) is 11.5 Å². The van der Waals surface area contributed by atoms with Gasteiger partial charge in [0.25, 0.3) is 0 Å². The number of hydrogen-bond donors (Lipinski definition) is 1. The van der Waals surface area contributed by atoms with Crippen molar-refractivity contribution >= 4 is 22.7 Å². The minimum Gasteiger partial charge on any atom is -0.497 e. The Hall–Kier alpha value is -4.40. The van der Waals surface area contributed by atoms with Crippen LogP contribution in [0.25, 0.3) is 28.1 Å². The minimum atomic E-state index is -0.293. The van der Waals surface area contributed by atoms with Crippen LogP contribution < -0.4 is 15.5 Å². The minimum absolute atomic E-state index is 0.0126. The Kier molecular flexibility index (Phi) is 5.59. The average molecular weight is 458 g/mol. The fraction of sp³-hybridized carbons (Fsp3) is 0.200. The van der Waals surface area contributed by atoms with Crippen LogP contribution in [-0.2, 0) is 17.6 Å². The molecule has 0 bridgehead atoms. The number of furan rings is 1. The normalized spacial score (nSPS) is 11.2. The fourth-order valence-electron chi connectivity index (χ4n) is 3.90. The molecule has 34 heavy (non-hydrogen) atoms. The molecule has 0 aliphatic heterocycles. The zero-order valence-electron chi connectivity index (χ0n) is 18.7. The Morgan fingerprint density at radius 2 is 1.91 bits per heavy atom. The molecule has 0 fully saturated rings. The molecule has 9 nitrogen and oxygen atoms in total. The number of aryl methyl sites for hydroxylation is 1. The summed E-state index contributed by atoms with van der Waals surface area (Å²) < 4.78 is 18.8. The molecule has 4 aromatic heterocycles. The molecule has 5 rings (SSSR count). The van der Waals surface area contributed by atoms with E-state index in [4.69, 9.17) is 13.6 Å². The van der Waals surface area contributed by atoms with Gasteiger partial charge in [0.05, 0.1) is 19.1 Å². The predicted octanol–water partition coefficient (Wildman–Crippen LogP) is 3.31. The van der Waals surface area contributed by atoms with Crippen LogP contribution in [0.1, 0.15) is 17.1 Å². The average Bonchev–Trinajstić information content (AvgIpc) is 3.41. The van der Waals surface area contributed by atoms with E-state index in [1.54, 1.807) is 26.2 Å². The molecule has 1 amide bonds. The van der Waals surface area contributed by atoms with Gasteiger partial charge >= 0.3 is 0 Å². The lowest BCUT2D eigenvalue weighted by Crippen LogP contribution is -2.27. The van der Waals surface area contributed by atoms with Crippen molar-refractivity contribution in [2.75, 3.05) is 13.7 Å². The number of carbonyl (C=O) groups is 1. The molecule has 1 aromatic carbocycles. The van der Waals surface area contributed by atoms with Crippen molar-refractivity contribution in [1.29, 1.82) is 0 Å². The second-order valence-corrected chi connectivity index (χ2v) is 7.84. The Balaban J connectivity index is 1.40. The van der Waals surface area contributed by atoms with E-state index in [1.165, 1.54) is 6.07 Å². The van der Waals surface area contributed by atoms with Gasteiger partial charge in [-0.25, -0.2) is 0 Å². The van der Waals surface area contributed by atoms with Gasteiger partial charge in [-0.05, 0) is 43.3 Å². The van der Waals surface area contributed by atoms with E-state index in [1.807, 2.05) is 40.9 Å². The van der Waals surface area contributed by atoms with Crippen LogP contribution in [0.4, 0.5) is 0 Å². The molecule has 0 atom stereocenters. The summed E-state index contributed by atoms with van der Waals surface area (Å²) in [5.74, 6) is 2.08. The topological polar surface area (TPSA) is 112 Å². The first kappa shape index (κ1) is 21.4. The van der Waals surface area contributed by atoms with Crippen LogP contribution >= 0.6 is 0 Å². The van der Waals surface area contributed by atoms with Gasteiger partial charge in [0.15, 0.2) is 11.2 Å². The van der Waals surface area contributed by atoms with E-state index >= 15 is 0 Å². The number of hydrogen-bond acceptors (Lipinski definition) is 7. The summed E-state index contributed by atoms with van der Waals surface area (Å²) in [4.78, 5) is 25.4. The maximum Gasteiger partial charge on any atom is 0.228 e. The number of pyridine rings is 1. The summed E-state index contributed by atoms with van der Waals surface area (Å²) in [6, 6.07) is 14.2. The van der Waals surface area contributed by atoms with E-state index in [2.05, 4.69) is 15.5 Å². The predicted molar refractivity (Wildman–Crippen MR) is 125 cm³/mol. The molecular weight excluding hydrogens is 436 g/mol. The highest BCUT2D eigenvalue weighted by atomic mass is 16.5. The van der Waals surface area contributed by atoms with E-state index in [0.29, 0.717) is 41.4 Å². The van der Waals surface area contributed by atoms with E-state index in [-0.39, 0.29) is 28.9 Å². The first-order chi connectivity index (χ1) is 16.5. The van der Waals surface area contributed by atoms with Crippen LogP contribution in [0, 0.1) is 6.92 Å². The number of ether oxygens (including phenoxy) is 1. The second kappa shape index (κ2) is 8.86. The van der Waals surface area contributed by atoms with Crippen LogP contribution in [-0.4, -0.2) is 34.2 Å². The van der Waals surface area contributed by atoms with Crippen LogP contribution in [0.2, 0.25) is 0 Å².